The standard InChI is InChI=1S/C19H19FN4O3S.C2HF3O2/c1-12(11-25)24-28(26,27)18-5-3-2-4-16(18)13-6-7-15(17(20)8-13)14-9-22-19(21)23-10-14;3-2(4,5)1(6)7/h2-10,12,24-25H,11H2,1H3,(H2,21,22,23);(H,6,7)/t12-;/m0./s1. The zero-order valence-electron chi connectivity index (χ0n) is 18.0. The van der Waals surface area contributed by atoms with Gasteiger partial charge in [-0.3, -0.25) is 0 Å². The number of sulfonamides is 1. The predicted molar refractivity (Wildman–Crippen MR) is 118 cm³/mol. The molecule has 9 nitrogen and oxygen atoms in total. The molecule has 1 atom stereocenters. The fraction of sp³-hybridized carbons (Fsp3) is 0.190. The van der Waals surface area contributed by atoms with Crippen molar-refractivity contribution in [3.05, 3.63) is 60.7 Å². The van der Waals surface area contributed by atoms with Gasteiger partial charge >= 0.3 is 12.1 Å². The summed E-state index contributed by atoms with van der Waals surface area (Å²) in [6.07, 6.45) is -2.25. The quantitative estimate of drug-likeness (QED) is 0.365. The van der Waals surface area contributed by atoms with E-state index in [0.717, 1.165) is 0 Å². The first-order valence-electron chi connectivity index (χ1n) is 9.66. The normalized spacial score (nSPS) is 12.4. The summed E-state index contributed by atoms with van der Waals surface area (Å²) in [5, 5.41) is 16.3. The van der Waals surface area contributed by atoms with Crippen molar-refractivity contribution in [2.24, 2.45) is 0 Å². The molecule has 0 fully saturated rings. The van der Waals surface area contributed by atoms with Gasteiger partial charge < -0.3 is 15.9 Å². The molecule has 0 saturated carbocycles. The van der Waals surface area contributed by atoms with E-state index in [1.165, 1.54) is 30.6 Å². The van der Waals surface area contributed by atoms with Crippen LogP contribution in [0, 0.1) is 5.82 Å². The fourth-order valence-electron chi connectivity index (χ4n) is 2.70. The molecule has 3 rings (SSSR count). The van der Waals surface area contributed by atoms with E-state index < -0.39 is 34.0 Å². The van der Waals surface area contributed by atoms with Crippen LogP contribution >= 0.6 is 0 Å². The lowest BCUT2D eigenvalue weighted by molar-refractivity contribution is -0.192. The summed E-state index contributed by atoms with van der Waals surface area (Å²) in [5.41, 5.74) is 6.93. The predicted octanol–water partition coefficient (Wildman–Crippen LogP) is 2.82. The van der Waals surface area contributed by atoms with Gasteiger partial charge in [-0.2, -0.15) is 13.2 Å². The van der Waals surface area contributed by atoms with Gasteiger partial charge in [-0.25, -0.2) is 32.3 Å². The van der Waals surface area contributed by atoms with Crippen LogP contribution < -0.4 is 10.5 Å². The Morgan fingerprint density at radius 2 is 1.66 bits per heavy atom. The molecule has 5 N–H and O–H groups in total. The van der Waals surface area contributed by atoms with Crippen molar-refractivity contribution in [3.8, 4) is 22.3 Å². The molecule has 35 heavy (non-hydrogen) atoms. The van der Waals surface area contributed by atoms with E-state index in [9.17, 15) is 26.0 Å². The molecule has 1 heterocycles. The van der Waals surface area contributed by atoms with Crippen LogP contribution in [0.2, 0.25) is 0 Å². The van der Waals surface area contributed by atoms with Gasteiger partial charge in [0.1, 0.15) is 5.82 Å². The van der Waals surface area contributed by atoms with Gasteiger partial charge in [0.2, 0.25) is 16.0 Å². The maximum atomic E-state index is 14.7. The summed E-state index contributed by atoms with van der Waals surface area (Å²) in [5.74, 6) is -3.22. The van der Waals surface area contributed by atoms with Crippen molar-refractivity contribution >= 4 is 21.9 Å². The maximum absolute atomic E-state index is 14.7. The summed E-state index contributed by atoms with van der Waals surface area (Å²) >= 11 is 0. The molecule has 0 radical (unpaired) electrons. The Labute approximate surface area is 197 Å². The Morgan fingerprint density at radius 3 is 2.17 bits per heavy atom. The Balaban J connectivity index is 0.000000540. The Kier molecular flexibility index (Phi) is 8.84. The number of aliphatic hydroxyl groups is 1. The summed E-state index contributed by atoms with van der Waals surface area (Å²) in [7, 11) is -3.90. The van der Waals surface area contributed by atoms with Gasteiger partial charge in [0, 0.05) is 35.1 Å². The molecular weight excluding hydrogens is 496 g/mol. The number of anilines is 1. The summed E-state index contributed by atoms with van der Waals surface area (Å²) in [6, 6.07) is 10.0. The number of nitrogens with one attached hydrogen (secondary N) is 1. The van der Waals surface area contributed by atoms with Crippen LogP contribution in [-0.2, 0) is 14.8 Å². The minimum atomic E-state index is -5.08. The Hall–Kier alpha value is -3.62. The van der Waals surface area contributed by atoms with Crippen LogP contribution in [0.4, 0.5) is 23.5 Å². The van der Waals surface area contributed by atoms with E-state index in [1.54, 1.807) is 31.2 Å². The third-order valence-electron chi connectivity index (χ3n) is 4.31. The molecule has 0 saturated heterocycles. The Bertz CT molecular complexity index is 1290. The highest BCUT2D eigenvalue weighted by atomic mass is 32.2. The highest BCUT2D eigenvalue weighted by Gasteiger charge is 2.38. The first-order chi connectivity index (χ1) is 16.3. The molecule has 0 bridgehead atoms. The molecule has 14 heteroatoms. The molecule has 188 valence electrons. The fourth-order valence-corrected chi connectivity index (χ4v) is 4.16. The van der Waals surface area contributed by atoms with Crippen molar-refractivity contribution in [2.75, 3.05) is 12.3 Å². The number of nitrogens with zero attached hydrogens (tertiary/aromatic N) is 2. The molecule has 0 aliphatic rings. The third kappa shape index (κ3) is 7.43. The molecule has 0 aliphatic carbocycles. The molecule has 0 unspecified atom stereocenters. The van der Waals surface area contributed by atoms with E-state index in [-0.39, 0.29) is 23.0 Å². The molecular formula is C21H20F4N4O5S. The molecule has 2 aromatic carbocycles. The number of alkyl halides is 3. The van der Waals surface area contributed by atoms with Gasteiger partial charge in [0.05, 0.1) is 11.5 Å². The number of carboxylic acid groups (broad SMARTS) is 1. The van der Waals surface area contributed by atoms with Crippen LogP contribution in [-0.4, -0.2) is 53.4 Å². The second-order valence-corrected chi connectivity index (χ2v) is 8.71. The van der Waals surface area contributed by atoms with Crippen LogP contribution in [0.15, 0.2) is 59.8 Å². The summed E-state index contributed by atoms with van der Waals surface area (Å²) in [6.45, 7) is 1.21. The molecule has 0 spiro atoms. The van der Waals surface area contributed by atoms with Crippen molar-refractivity contribution in [1.29, 1.82) is 0 Å². The van der Waals surface area contributed by atoms with Gasteiger partial charge in [0.15, 0.2) is 0 Å². The highest BCUT2D eigenvalue weighted by Crippen LogP contribution is 2.31. The van der Waals surface area contributed by atoms with Gasteiger partial charge in [0.25, 0.3) is 0 Å². The lowest BCUT2D eigenvalue weighted by atomic mass is 10.0. The number of carbonyl (C=O) groups is 1. The van der Waals surface area contributed by atoms with Crippen LogP contribution in [0.1, 0.15) is 6.92 Å². The van der Waals surface area contributed by atoms with Gasteiger partial charge in [-0.15, -0.1) is 0 Å². The van der Waals surface area contributed by atoms with E-state index in [2.05, 4.69) is 14.7 Å². The van der Waals surface area contributed by atoms with Crippen molar-refractivity contribution in [2.45, 2.75) is 24.0 Å². The molecule has 0 aliphatic heterocycles. The number of rotatable bonds is 6. The van der Waals surface area contributed by atoms with Gasteiger partial charge in [-0.1, -0.05) is 30.3 Å². The number of carboxylic acids is 1. The first-order valence-corrected chi connectivity index (χ1v) is 11.1. The molecule has 3 aromatic rings. The number of halogens is 4. The second kappa shape index (κ2) is 11.2. The smallest absolute Gasteiger partial charge is 0.475 e. The average molecular weight is 516 g/mol. The van der Waals surface area contributed by atoms with Crippen molar-refractivity contribution in [3.63, 3.8) is 0 Å². The van der Waals surface area contributed by atoms with Crippen molar-refractivity contribution < 1.29 is 41.0 Å². The lowest BCUT2D eigenvalue weighted by Crippen LogP contribution is -2.35. The summed E-state index contributed by atoms with van der Waals surface area (Å²) in [4.78, 5) is 16.6. The van der Waals surface area contributed by atoms with Crippen LogP contribution in [0.3, 0.4) is 0 Å². The van der Waals surface area contributed by atoms with E-state index >= 15 is 0 Å². The van der Waals surface area contributed by atoms with E-state index in [0.29, 0.717) is 16.7 Å². The largest absolute Gasteiger partial charge is 0.490 e. The van der Waals surface area contributed by atoms with Crippen LogP contribution in [0.25, 0.3) is 22.3 Å². The van der Waals surface area contributed by atoms with Crippen LogP contribution in [0.5, 0.6) is 0 Å². The number of hydrogen-bond acceptors (Lipinski definition) is 7. The third-order valence-corrected chi connectivity index (χ3v) is 5.96. The number of aliphatic hydroxyl groups excluding tert-OH is 1. The number of nitrogen functional groups attached to an aromatic ring is 1. The number of benzene rings is 2. The second-order valence-electron chi connectivity index (χ2n) is 7.03. The molecule has 1 aromatic heterocycles. The number of nitrogens with two attached hydrogens (primary N) is 1. The minimum Gasteiger partial charge on any atom is -0.475 e. The minimum absolute atomic E-state index is 0.00160. The number of aliphatic carboxylic acids is 1. The van der Waals surface area contributed by atoms with Gasteiger partial charge in [-0.05, 0) is 24.6 Å². The van der Waals surface area contributed by atoms with Crippen molar-refractivity contribution in [1.82, 2.24) is 14.7 Å². The summed E-state index contributed by atoms with van der Waals surface area (Å²) < 4.78 is 74.2. The average Bonchev–Trinajstić information content (AvgIpc) is 2.79. The SMILES string of the molecule is C[C@@H](CO)NS(=O)(=O)c1ccccc1-c1ccc(-c2cnc(N)nc2)c(F)c1.O=C(O)C(F)(F)F. The molecule has 0 amide bonds. The van der Waals surface area contributed by atoms with E-state index in [1.807, 2.05) is 0 Å². The number of hydrogen-bond donors (Lipinski definition) is 4. The maximum Gasteiger partial charge on any atom is 0.490 e. The highest BCUT2D eigenvalue weighted by molar-refractivity contribution is 7.89. The zero-order chi connectivity index (χ0) is 26.4. The monoisotopic (exact) mass is 516 g/mol. The first kappa shape index (κ1) is 27.6. The topological polar surface area (TPSA) is 156 Å². The number of aromatic nitrogens is 2. The lowest BCUT2D eigenvalue weighted by Gasteiger charge is -2.15. The van der Waals surface area contributed by atoms with E-state index in [4.69, 9.17) is 20.7 Å². The zero-order valence-corrected chi connectivity index (χ0v) is 18.8. The Morgan fingerprint density at radius 1 is 1.09 bits per heavy atom.